The van der Waals surface area contributed by atoms with E-state index < -0.39 is 0 Å². The third kappa shape index (κ3) is 3.30. The number of hydrogen-bond acceptors (Lipinski definition) is 3. The van der Waals surface area contributed by atoms with Crippen LogP contribution in [0.15, 0.2) is 6.07 Å². The molecule has 3 heteroatoms. The highest BCUT2D eigenvalue weighted by molar-refractivity contribution is 7.12. The molecule has 0 bridgehead atoms. The molecule has 1 aromatic heterocycles. The van der Waals surface area contributed by atoms with E-state index in [1.165, 1.54) is 43.4 Å². The van der Waals surface area contributed by atoms with E-state index >= 15 is 0 Å². The van der Waals surface area contributed by atoms with Crippen molar-refractivity contribution in [3.63, 3.8) is 0 Å². The minimum absolute atomic E-state index is 0.227. The molecule has 0 saturated heterocycles. The summed E-state index contributed by atoms with van der Waals surface area (Å²) in [7, 11) is 0. The van der Waals surface area contributed by atoms with E-state index in [-0.39, 0.29) is 6.61 Å². The first kappa shape index (κ1) is 12.1. The lowest BCUT2D eigenvalue weighted by Crippen LogP contribution is -2.16. The summed E-state index contributed by atoms with van der Waals surface area (Å²) in [5, 5.41) is 12.0. The predicted molar refractivity (Wildman–Crippen MR) is 69.0 cm³/mol. The third-order valence-corrected chi connectivity index (χ3v) is 4.37. The standard InChI is InChI=1S/C13H21NOS/c15-8-7-14-10-12-9-11-5-3-1-2-4-6-13(11)16-12/h9,14-15H,1-8,10H2. The summed E-state index contributed by atoms with van der Waals surface area (Å²) in [5.41, 5.74) is 1.59. The maximum Gasteiger partial charge on any atom is 0.0556 e. The molecule has 2 rings (SSSR count). The zero-order valence-electron chi connectivity index (χ0n) is 9.80. The largest absolute Gasteiger partial charge is 0.395 e. The van der Waals surface area contributed by atoms with Crippen LogP contribution >= 0.6 is 11.3 Å². The van der Waals surface area contributed by atoms with Gasteiger partial charge < -0.3 is 10.4 Å². The van der Waals surface area contributed by atoms with Gasteiger partial charge in [0.15, 0.2) is 0 Å². The molecule has 0 aliphatic heterocycles. The van der Waals surface area contributed by atoms with E-state index in [1.807, 2.05) is 11.3 Å². The average Bonchev–Trinajstić information content (AvgIpc) is 2.61. The van der Waals surface area contributed by atoms with Crippen molar-refractivity contribution in [2.45, 2.75) is 45.1 Å². The maximum atomic E-state index is 8.72. The lowest BCUT2D eigenvalue weighted by Gasteiger charge is -2.07. The van der Waals surface area contributed by atoms with Crippen molar-refractivity contribution in [1.82, 2.24) is 5.32 Å². The fourth-order valence-electron chi connectivity index (χ4n) is 2.28. The number of thiophene rings is 1. The van der Waals surface area contributed by atoms with Crippen LogP contribution in [-0.4, -0.2) is 18.3 Å². The van der Waals surface area contributed by atoms with E-state index in [2.05, 4.69) is 11.4 Å². The summed E-state index contributed by atoms with van der Waals surface area (Å²) in [6.45, 7) is 1.84. The number of aliphatic hydroxyl groups excluding tert-OH is 1. The Bertz CT molecular complexity index is 296. The number of hydrogen-bond donors (Lipinski definition) is 2. The van der Waals surface area contributed by atoms with Crippen molar-refractivity contribution in [2.75, 3.05) is 13.2 Å². The molecule has 2 nitrogen and oxygen atoms in total. The van der Waals surface area contributed by atoms with Crippen molar-refractivity contribution in [2.24, 2.45) is 0 Å². The predicted octanol–water partition coefficient (Wildman–Crippen LogP) is 2.49. The van der Waals surface area contributed by atoms with Gasteiger partial charge in [0, 0.05) is 22.8 Å². The number of nitrogens with one attached hydrogen (secondary N) is 1. The van der Waals surface area contributed by atoms with Gasteiger partial charge in [-0.25, -0.2) is 0 Å². The van der Waals surface area contributed by atoms with Crippen LogP contribution in [0.5, 0.6) is 0 Å². The molecule has 0 unspecified atom stereocenters. The van der Waals surface area contributed by atoms with Gasteiger partial charge >= 0.3 is 0 Å². The molecule has 90 valence electrons. The summed E-state index contributed by atoms with van der Waals surface area (Å²) < 4.78 is 0. The monoisotopic (exact) mass is 239 g/mol. The Hall–Kier alpha value is -0.380. The lowest BCUT2D eigenvalue weighted by molar-refractivity contribution is 0.292. The van der Waals surface area contributed by atoms with Crippen LogP contribution in [0.3, 0.4) is 0 Å². The van der Waals surface area contributed by atoms with Crippen LogP contribution < -0.4 is 5.32 Å². The quantitative estimate of drug-likeness (QED) is 0.791. The normalized spacial score (nSPS) is 16.6. The van der Waals surface area contributed by atoms with Gasteiger partial charge in [-0.1, -0.05) is 12.8 Å². The molecular weight excluding hydrogens is 218 g/mol. The fraction of sp³-hybridized carbons (Fsp3) is 0.692. The van der Waals surface area contributed by atoms with Crippen molar-refractivity contribution in [1.29, 1.82) is 0 Å². The number of aliphatic hydroxyl groups is 1. The molecule has 0 amide bonds. The molecule has 2 N–H and O–H groups in total. The second kappa shape index (κ2) is 6.38. The smallest absolute Gasteiger partial charge is 0.0556 e. The SMILES string of the molecule is OCCNCc1cc2c(s1)CCCCCC2. The number of aryl methyl sites for hydroxylation is 2. The van der Waals surface area contributed by atoms with Gasteiger partial charge in [0.2, 0.25) is 0 Å². The molecule has 1 heterocycles. The summed E-state index contributed by atoms with van der Waals surface area (Å²) in [6, 6.07) is 2.37. The summed E-state index contributed by atoms with van der Waals surface area (Å²) in [4.78, 5) is 3.04. The highest BCUT2D eigenvalue weighted by Gasteiger charge is 2.10. The topological polar surface area (TPSA) is 32.3 Å². The number of fused-ring (bicyclic) bond motifs is 1. The molecule has 0 saturated carbocycles. The highest BCUT2D eigenvalue weighted by atomic mass is 32.1. The molecule has 0 fully saturated rings. The van der Waals surface area contributed by atoms with Gasteiger partial charge in [-0.2, -0.15) is 0 Å². The summed E-state index contributed by atoms with van der Waals surface area (Å²) in [5.74, 6) is 0. The van der Waals surface area contributed by atoms with E-state index in [0.29, 0.717) is 6.54 Å². The van der Waals surface area contributed by atoms with Gasteiger partial charge in [0.25, 0.3) is 0 Å². The number of rotatable bonds is 4. The van der Waals surface area contributed by atoms with Crippen molar-refractivity contribution in [3.05, 3.63) is 21.4 Å². The van der Waals surface area contributed by atoms with Crippen molar-refractivity contribution >= 4 is 11.3 Å². The first-order valence-corrected chi connectivity index (χ1v) is 7.14. The van der Waals surface area contributed by atoms with E-state index in [0.717, 1.165) is 6.54 Å². The Morgan fingerprint density at radius 2 is 2.00 bits per heavy atom. The molecule has 0 aromatic carbocycles. The zero-order chi connectivity index (χ0) is 11.2. The minimum Gasteiger partial charge on any atom is -0.395 e. The Morgan fingerprint density at radius 1 is 1.19 bits per heavy atom. The maximum absolute atomic E-state index is 8.72. The average molecular weight is 239 g/mol. The van der Waals surface area contributed by atoms with Crippen LogP contribution in [0.2, 0.25) is 0 Å². The lowest BCUT2D eigenvalue weighted by atomic mass is 10.00. The molecule has 1 aliphatic carbocycles. The fourth-order valence-corrected chi connectivity index (χ4v) is 3.51. The zero-order valence-corrected chi connectivity index (χ0v) is 10.6. The van der Waals surface area contributed by atoms with Crippen molar-refractivity contribution < 1.29 is 5.11 Å². The third-order valence-electron chi connectivity index (χ3n) is 3.14. The molecule has 0 radical (unpaired) electrons. The van der Waals surface area contributed by atoms with Crippen LogP contribution in [-0.2, 0) is 19.4 Å². The van der Waals surface area contributed by atoms with Crippen LogP contribution in [0.25, 0.3) is 0 Å². The second-order valence-electron chi connectivity index (χ2n) is 4.48. The molecule has 0 atom stereocenters. The highest BCUT2D eigenvalue weighted by Crippen LogP contribution is 2.28. The van der Waals surface area contributed by atoms with Crippen LogP contribution in [0.4, 0.5) is 0 Å². The van der Waals surface area contributed by atoms with E-state index in [9.17, 15) is 0 Å². The molecule has 0 spiro atoms. The van der Waals surface area contributed by atoms with Crippen LogP contribution in [0.1, 0.15) is 41.0 Å². The van der Waals surface area contributed by atoms with Gasteiger partial charge in [-0.05, 0) is 37.3 Å². The molecule has 1 aromatic rings. The van der Waals surface area contributed by atoms with Gasteiger partial charge in [0.05, 0.1) is 6.61 Å². The van der Waals surface area contributed by atoms with E-state index in [4.69, 9.17) is 5.11 Å². The minimum atomic E-state index is 0.227. The first-order valence-electron chi connectivity index (χ1n) is 6.32. The van der Waals surface area contributed by atoms with Gasteiger partial charge in [-0.15, -0.1) is 11.3 Å². The second-order valence-corrected chi connectivity index (χ2v) is 5.70. The van der Waals surface area contributed by atoms with E-state index in [1.54, 1.807) is 10.4 Å². The Morgan fingerprint density at radius 3 is 2.81 bits per heavy atom. The summed E-state index contributed by atoms with van der Waals surface area (Å²) in [6.07, 6.45) is 8.05. The van der Waals surface area contributed by atoms with Gasteiger partial charge in [-0.3, -0.25) is 0 Å². The first-order chi connectivity index (χ1) is 7.90. The van der Waals surface area contributed by atoms with Gasteiger partial charge in [0.1, 0.15) is 0 Å². The Kier molecular flexibility index (Phi) is 4.82. The van der Waals surface area contributed by atoms with Crippen molar-refractivity contribution in [3.8, 4) is 0 Å². The Labute approximate surface area is 102 Å². The van der Waals surface area contributed by atoms with Crippen LogP contribution in [0, 0.1) is 0 Å². The summed E-state index contributed by atoms with van der Waals surface area (Å²) >= 11 is 1.96. The molecular formula is C13H21NOS. The molecule has 1 aliphatic rings. The molecule has 16 heavy (non-hydrogen) atoms. The Balaban J connectivity index is 1.97.